The number of carbonyl (C=O) groups is 2. The van der Waals surface area contributed by atoms with Crippen LogP contribution in [0.5, 0.6) is 0 Å². The van der Waals surface area contributed by atoms with Crippen LogP contribution in [0.15, 0.2) is 18.2 Å². The Labute approximate surface area is 113 Å². The van der Waals surface area contributed by atoms with Crippen molar-refractivity contribution < 1.29 is 14.7 Å². The highest BCUT2D eigenvalue weighted by Gasteiger charge is 2.12. The molecule has 1 amide bonds. The maximum absolute atomic E-state index is 11.2. The van der Waals surface area contributed by atoms with Crippen LogP contribution in [0.2, 0.25) is 0 Å². The number of aryl methyl sites for hydroxylation is 1. The van der Waals surface area contributed by atoms with Crippen LogP contribution in [-0.4, -0.2) is 30.1 Å². The van der Waals surface area contributed by atoms with Gasteiger partial charge in [-0.3, -0.25) is 9.59 Å². The second-order valence-electron chi connectivity index (χ2n) is 4.43. The van der Waals surface area contributed by atoms with Gasteiger partial charge in [0.15, 0.2) is 0 Å². The van der Waals surface area contributed by atoms with Gasteiger partial charge in [0.05, 0.1) is 17.8 Å². The van der Waals surface area contributed by atoms with Gasteiger partial charge in [-0.1, -0.05) is 6.07 Å². The van der Waals surface area contributed by atoms with E-state index in [1.165, 1.54) is 6.92 Å². The summed E-state index contributed by atoms with van der Waals surface area (Å²) in [6, 6.07) is 5.75. The maximum atomic E-state index is 11.2. The number of anilines is 2. The molecule has 0 saturated carbocycles. The normalized spacial score (nSPS) is 10.1. The molecule has 5 nitrogen and oxygen atoms in total. The molecule has 1 rings (SSSR count). The van der Waals surface area contributed by atoms with Gasteiger partial charge >= 0.3 is 5.97 Å². The lowest BCUT2D eigenvalue weighted by Gasteiger charge is -2.25. The third-order valence-electron chi connectivity index (χ3n) is 2.78. The zero-order valence-electron chi connectivity index (χ0n) is 11.6. The summed E-state index contributed by atoms with van der Waals surface area (Å²) >= 11 is 0. The van der Waals surface area contributed by atoms with E-state index < -0.39 is 5.97 Å². The molecule has 0 spiro atoms. The lowest BCUT2D eigenvalue weighted by Crippen LogP contribution is -2.27. The van der Waals surface area contributed by atoms with Crippen molar-refractivity contribution in [3.05, 3.63) is 23.8 Å². The lowest BCUT2D eigenvalue weighted by atomic mass is 10.1. The van der Waals surface area contributed by atoms with Gasteiger partial charge in [0.25, 0.3) is 0 Å². The van der Waals surface area contributed by atoms with Gasteiger partial charge < -0.3 is 15.3 Å². The smallest absolute Gasteiger partial charge is 0.305 e. The Hall–Kier alpha value is -2.04. The van der Waals surface area contributed by atoms with Gasteiger partial charge in [-0.15, -0.1) is 0 Å². The SMILES string of the molecule is CCN(CCC(=O)O)c1ccc(C)cc1NC(C)=O. The maximum Gasteiger partial charge on any atom is 0.305 e. The average Bonchev–Trinajstić information content (AvgIpc) is 2.31. The molecule has 0 bridgehead atoms. The summed E-state index contributed by atoms with van der Waals surface area (Å²) in [5, 5.41) is 11.6. The number of carboxylic acid groups (broad SMARTS) is 1. The highest BCUT2D eigenvalue weighted by Crippen LogP contribution is 2.27. The average molecular weight is 264 g/mol. The number of hydrogen-bond acceptors (Lipinski definition) is 3. The molecule has 0 radical (unpaired) electrons. The lowest BCUT2D eigenvalue weighted by molar-refractivity contribution is -0.136. The van der Waals surface area contributed by atoms with E-state index in [9.17, 15) is 9.59 Å². The van der Waals surface area contributed by atoms with Gasteiger partial charge in [-0.2, -0.15) is 0 Å². The van der Waals surface area contributed by atoms with Crippen molar-refractivity contribution in [1.29, 1.82) is 0 Å². The van der Waals surface area contributed by atoms with Gasteiger partial charge in [0, 0.05) is 20.0 Å². The summed E-state index contributed by atoms with van der Waals surface area (Å²) in [4.78, 5) is 23.8. The third kappa shape index (κ3) is 4.62. The molecule has 2 N–H and O–H groups in total. The molecule has 0 heterocycles. The Morgan fingerprint density at radius 1 is 1.37 bits per heavy atom. The number of hydrogen-bond donors (Lipinski definition) is 2. The van der Waals surface area contributed by atoms with Crippen molar-refractivity contribution in [2.75, 3.05) is 23.3 Å². The highest BCUT2D eigenvalue weighted by atomic mass is 16.4. The minimum Gasteiger partial charge on any atom is -0.481 e. The quantitative estimate of drug-likeness (QED) is 0.826. The van der Waals surface area contributed by atoms with Crippen LogP contribution >= 0.6 is 0 Å². The first kappa shape index (κ1) is 15.0. The predicted molar refractivity (Wildman–Crippen MR) is 75.6 cm³/mol. The molecule has 5 heteroatoms. The predicted octanol–water partition coefficient (Wildman–Crippen LogP) is 2.25. The Morgan fingerprint density at radius 2 is 2.05 bits per heavy atom. The van der Waals surface area contributed by atoms with Crippen molar-refractivity contribution in [3.63, 3.8) is 0 Å². The summed E-state index contributed by atoms with van der Waals surface area (Å²) < 4.78 is 0. The molecule has 1 aromatic carbocycles. The van der Waals surface area contributed by atoms with E-state index in [4.69, 9.17) is 5.11 Å². The minimum atomic E-state index is -0.827. The molecular weight excluding hydrogens is 244 g/mol. The molecule has 19 heavy (non-hydrogen) atoms. The topological polar surface area (TPSA) is 69.6 Å². The second kappa shape index (κ2) is 6.78. The van der Waals surface area contributed by atoms with Crippen LogP contribution in [0.3, 0.4) is 0 Å². The van der Waals surface area contributed by atoms with E-state index >= 15 is 0 Å². The van der Waals surface area contributed by atoms with Crippen molar-refractivity contribution in [3.8, 4) is 0 Å². The second-order valence-corrected chi connectivity index (χ2v) is 4.43. The van der Waals surface area contributed by atoms with Crippen LogP contribution in [-0.2, 0) is 9.59 Å². The Bertz CT molecular complexity index is 472. The summed E-state index contributed by atoms with van der Waals surface area (Å²) in [6.07, 6.45) is 0.0707. The summed E-state index contributed by atoms with van der Waals surface area (Å²) in [7, 11) is 0. The van der Waals surface area contributed by atoms with E-state index in [0.29, 0.717) is 13.1 Å². The number of carbonyl (C=O) groups excluding carboxylic acids is 1. The first-order chi connectivity index (χ1) is 8.93. The first-order valence-electron chi connectivity index (χ1n) is 6.29. The van der Waals surface area contributed by atoms with Crippen LogP contribution < -0.4 is 10.2 Å². The number of aliphatic carboxylic acids is 1. The molecule has 0 aliphatic rings. The van der Waals surface area contributed by atoms with Gasteiger partial charge in [0.1, 0.15) is 0 Å². The summed E-state index contributed by atoms with van der Waals surface area (Å²) in [5.74, 6) is -0.965. The van der Waals surface area contributed by atoms with Crippen molar-refractivity contribution >= 4 is 23.3 Å². The number of carboxylic acids is 1. The molecule has 0 fully saturated rings. The number of benzene rings is 1. The van der Waals surface area contributed by atoms with Crippen LogP contribution in [0.25, 0.3) is 0 Å². The molecular formula is C14H20N2O3. The van der Waals surface area contributed by atoms with Crippen LogP contribution in [0, 0.1) is 6.92 Å². The Balaban J connectivity index is 3.00. The van der Waals surface area contributed by atoms with Gasteiger partial charge in [0.2, 0.25) is 5.91 Å². The van der Waals surface area contributed by atoms with Gasteiger partial charge in [-0.25, -0.2) is 0 Å². The summed E-state index contributed by atoms with van der Waals surface area (Å²) in [5.41, 5.74) is 2.62. The third-order valence-corrected chi connectivity index (χ3v) is 2.78. The Kier molecular flexibility index (Phi) is 5.36. The van der Waals surface area contributed by atoms with Crippen LogP contribution in [0.1, 0.15) is 25.8 Å². The van der Waals surface area contributed by atoms with Crippen LogP contribution in [0.4, 0.5) is 11.4 Å². The molecule has 0 atom stereocenters. The van der Waals surface area contributed by atoms with Crippen molar-refractivity contribution in [2.24, 2.45) is 0 Å². The largest absolute Gasteiger partial charge is 0.481 e. The van der Waals surface area contributed by atoms with E-state index in [1.807, 2.05) is 36.9 Å². The van der Waals surface area contributed by atoms with Crippen molar-refractivity contribution in [1.82, 2.24) is 0 Å². The zero-order chi connectivity index (χ0) is 14.4. The highest BCUT2D eigenvalue weighted by molar-refractivity contribution is 5.93. The standard InChI is InChI=1S/C14H20N2O3/c1-4-16(8-7-14(18)19)13-6-5-10(2)9-12(13)15-11(3)17/h5-6,9H,4,7-8H2,1-3H3,(H,15,17)(H,18,19). The van der Waals surface area contributed by atoms with E-state index in [2.05, 4.69) is 5.32 Å². The number of rotatable bonds is 6. The Morgan fingerprint density at radius 3 is 2.58 bits per heavy atom. The fourth-order valence-electron chi connectivity index (χ4n) is 1.89. The molecule has 0 aromatic heterocycles. The fourth-order valence-corrected chi connectivity index (χ4v) is 1.89. The number of nitrogens with one attached hydrogen (secondary N) is 1. The number of amides is 1. The first-order valence-corrected chi connectivity index (χ1v) is 6.29. The molecule has 1 aromatic rings. The molecule has 0 aliphatic carbocycles. The molecule has 0 saturated heterocycles. The fraction of sp³-hybridized carbons (Fsp3) is 0.429. The van der Waals surface area contributed by atoms with E-state index in [-0.39, 0.29) is 12.3 Å². The van der Waals surface area contributed by atoms with E-state index in [1.54, 1.807) is 0 Å². The zero-order valence-corrected chi connectivity index (χ0v) is 11.6. The van der Waals surface area contributed by atoms with E-state index in [0.717, 1.165) is 16.9 Å². The molecule has 104 valence electrons. The number of nitrogens with zero attached hydrogens (tertiary/aromatic N) is 1. The molecule has 0 unspecified atom stereocenters. The van der Waals surface area contributed by atoms with Crippen molar-refractivity contribution in [2.45, 2.75) is 27.2 Å². The molecule has 0 aliphatic heterocycles. The van der Waals surface area contributed by atoms with Gasteiger partial charge in [-0.05, 0) is 31.5 Å². The summed E-state index contributed by atoms with van der Waals surface area (Å²) in [6.45, 7) is 6.46. The minimum absolute atomic E-state index is 0.0707. The monoisotopic (exact) mass is 264 g/mol.